The van der Waals surface area contributed by atoms with Crippen LogP contribution >= 0.6 is 0 Å². The molecule has 1 fully saturated rings. The Morgan fingerprint density at radius 3 is 1.72 bits per heavy atom. The van der Waals surface area contributed by atoms with Gasteiger partial charge in [-0.15, -0.1) is 0 Å². The molecule has 1 aromatic heterocycles. The van der Waals surface area contributed by atoms with E-state index in [0.717, 1.165) is 77.2 Å². The minimum atomic E-state index is -5.08. The van der Waals surface area contributed by atoms with Crippen molar-refractivity contribution in [2.45, 2.75) is 50.8 Å². The quantitative estimate of drug-likeness (QED) is 0.174. The second kappa shape index (κ2) is 20.6. The first-order chi connectivity index (χ1) is 25.1. The summed E-state index contributed by atoms with van der Waals surface area (Å²) in [4.78, 5) is 49.1. The Balaban J connectivity index is 0.000000393. The molecule has 2 aliphatic rings. The first kappa shape index (κ1) is 45.3. The molecule has 0 bridgehead atoms. The number of ketones is 1. The number of rotatable bonds is 7. The number of fused-ring (bicyclic) bond motifs is 2. The highest BCUT2D eigenvalue weighted by atomic mass is 19.4. The third-order valence-corrected chi connectivity index (χ3v) is 7.87. The van der Waals surface area contributed by atoms with Crippen LogP contribution in [0.5, 0.6) is 0 Å². The third kappa shape index (κ3) is 16.0. The fourth-order valence-electron chi connectivity index (χ4n) is 5.15. The molecule has 2 aliphatic heterocycles. The fraction of sp³-hybridized carbons (Fsp3) is 0.441. The summed E-state index contributed by atoms with van der Waals surface area (Å²) in [6.45, 7) is 8.17. The topological polar surface area (TPSA) is 160 Å². The van der Waals surface area contributed by atoms with Gasteiger partial charge >= 0.3 is 36.4 Å². The Hall–Kier alpha value is -4.82. The second-order valence-electron chi connectivity index (χ2n) is 11.8. The molecule has 20 heteroatoms. The van der Waals surface area contributed by atoms with Crippen molar-refractivity contribution in [3.63, 3.8) is 0 Å². The van der Waals surface area contributed by atoms with Crippen molar-refractivity contribution >= 4 is 34.5 Å². The van der Waals surface area contributed by atoms with E-state index in [4.69, 9.17) is 29.7 Å². The van der Waals surface area contributed by atoms with Crippen molar-refractivity contribution in [3.8, 4) is 0 Å². The zero-order valence-electron chi connectivity index (χ0n) is 28.4. The van der Waals surface area contributed by atoms with Gasteiger partial charge < -0.3 is 25.5 Å². The monoisotopic (exact) mass is 784 g/mol. The number of carboxylic acids is 3. The van der Waals surface area contributed by atoms with Gasteiger partial charge in [0.1, 0.15) is 0 Å². The van der Waals surface area contributed by atoms with Crippen LogP contribution in [0.15, 0.2) is 54.7 Å². The highest BCUT2D eigenvalue weighted by Crippen LogP contribution is 2.20. The Morgan fingerprint density at radius 1 is 0.685 bits per heavy atom. The molecule has 0 radical (unpaired) electrons. The molecule has 298 valence electrons. The molecular formula is C34H37F9N4O7. The van der Waals surface area contributed by atoms with E-state index in [2.05, 4.69) is 62.6 Å². The van der Waals surface area contributed by atoms with Gasteiger partial charge in [-0.25, -0.2) is 14.4 Å². The number of piperazine rings is 1. The lowest BCUT2D eigenvalue weighted by molar-refractivity contribution is -0.193. The molecule has 0 amide bonds. The van der Waals surface area contributed by atoms with Crippen LogP contribution in [0.4, 0.5) is 39.5 Å². The lowest BCUT2D eigenvalue weighted by atomic mass is 9.97. The number of Topliss-reactive ketones (excluding diaryl/α,β-unsaturated/α-hetero) is 1. The summed E-state index contributed by atoms with van der Waals surface area (Å²) in [5, 5.41) is 27.3. The first-order valence-corrected chi connectivity index (χ1v) is 16.1. The number of aromatic nitrogens is 1. The summed E-state index contributed by atoms with van der Waals surface area (Å²) in [5.41, 5.74) is 4.81. The number of pyridine rings is 1. The van der Waals surface area contributed by atoms with Gasteiger partial charge in [-0.1, -0.05) is 36.4 Å². The average Bonchev–Trinajstić information content (AvgIpc) is 3.34. The number of halogens is 9. The maximum atomic E-state index is 12.8. The van der Waals surface area contributed by atoms with E-state index in [1.165, 1.54) is 27.6 Å². The Bertz CT molecular complexity index is 1650. The summed E-state index contributed by atoms with van der Waals surface area (Å²) in [7, 11) is 0. The number of carbonyl (C=O) groups excluding carboxylic acids is 1. The number of nitrogens with zero attached hydrogens (tertiary/aromatic N) is 3. The number of aliphatic carboxylic acids is 3. The van der Waals surface area contributed by atoms with E-state index < -0.39 is 36.4 Å². The molecule has 0 spiro atoms. The van der Waals surface area contributed by atoms with Crippen LogP contribution in [0.25, 0.3) is 10.8 Å². The Kier molecular flexibility index (Phi) is 17.3. The van der Waals surface area contributed by atoms with Crippen molar-refractivity contribution < 1.29 is 74.0 Å². The van der Waals surface area contributed by atoms with Crippen molar-refractivity contribution in [2.24, 2.45) is 0 Å². The van der Waals surface area contributed by atoms with Gasteiger partial charge in [-0.05, 0) is 67.5 Å². The Morgan fingerprint density at radius 2 is 1.19 bits per heavy atom. The van der Waals surface area contributed by atoms with Crippen LogP contribution in [0.2, 0.25) is 0 Å². The molecule has 0 unspecified atom stereocenters. The first-order valence-electron chi connectivity index (χ1n) is 16.1. The summed E-state index contributed by atoms with van der Waals surface area (Å²) in [5.74, 6) is -7.98. The zero-order chi connectivity index (χ0) is 40.7. The van der Waals surface area contributed by atoms with Crippen LogP contribution in [0.1, 0.15) is 40.0 Å². The summed E-state index contributed by atoms with van der Waals surface area (Å²) >= 11 is 0. The third-order valence-electron chi connectivity index (χ3n) is 7.87. The zero-order valence-corrected chi connectivity index (χ0v) is 28.4. The molecule has 2 aromatic carbocycles. The number of benzene rings is 2. The van der Waals surface area contributed by atoms with Crippen LogP contribution in [-0.4, -0.2) is 118 Å². The van der Waals surface area contributed by atoms with E-state index in [-0.39, 0.29) is 5.78 Å². The van der Waals surface area contributed by atoms with Crippen LogP contribution < -0.4 is 5.32 Å². The van der Waals surface area contributed by atoms with E-state index in [1.54, 1.807) is 0 Å². The molecule has 3 aromatic rings. The number of nitrogens with one attached hydrogen (secondary N) is 1. The number of alkyl halides is 9. The molecule has 0 atom stereocenters. The van der Waals surface area contributed by atoms with E-state index in [1.807, 2.05) is 12.3 Å². The highest BCUT2D eigenvalue weighted by molar-refractivity contribution is 5.96. The standard InChI is InChI=1S/C28H34N4O.3C2HF3O2/c33-28(25-8-7-22-9-12-29-13-10-24(22)20-25)6-3-15-31-16-18-32(19-17-31)21-27-26-5-2-1-4-23(26)11-14-30-27;3*3-2(4,5)1(6)7/h1-2,4-5,7-8,11,14,20,29H,3,6,9-10,12-13,15-19,21H2;3*(H,6,7). The highest BCUT2D eigenvalue weighted by Gasteiger charge is 2.39. The van der Waals surface area contributed by atoms with Crippen LogP contribution in [0.3, 0.4) is 0 Å². The Labute approximate surface area is 302 Å². The van der Waals surface area contributed by atoms with Gasteiger partial charge in [-0.3, -0.25) is 14.7 Å². The summed E-state index contributed by atoms with van der Waals surface area (Å²) in [6, 6.07) is 16.9. The van der Waals surface area contributed by atoms with Crippen molar-refractivity contribution in [1.29, 1.82) is 0 Å². The maximum absolute atomic E-state index is 12.8. The molecule has 11 nitrogen and oxygen atoms in total. The minimum absolute atomic E-state index is 0.288. The van der Waals surface area contributed by atoms with Gasteiger partial charge in [0.2, 0.25) is 0 Å². The number of hydrogen-bond donors (Lipinski definition) is 4. The lowest BCUT2D eigenvalue weighted by Gasteiger charge is -2.34. The number of carbonyl (C=O) groups is 4. The van der Waals surface area contributed by atoms with Crippen molar-refractivity contribution in [2.75, 3.05) is 45.8 Å². The van der Waals surface area contributed by atoms with Crippen molar-refractivity contribution in [3.05, 3.63) is 77.1 Å². The molecule has 5 rings (SSSR count). The van der Waals surface area contributed by atoms with Crippen molar-refractivity contribution in [1.82, 2.24) is 20.1 Å². The van der Waals surface area contributed by atoms with Gasteiger partial charge in [-0.2, -0.15) is 39.5 Å². The number of hydrogen-bond acceptors (Lipinski definition) is 8. The normalized spacial score (nSPS) is 15.1. The predicted octanol–water partition coefficient (Wildman–Crippen LogP) is 5.60. The SMILES string of the molecule is O=C(CCCN1CCN(Cc2nccc3ccccc23)CC1)c1ccc2c(c1)CCNCC2.O=C(O)C(F)(F)F.O=C(O)C(F)(F)F.O=C(O)C(F)(F)F. The smallest absolute Gasteiger partial charge is 0.475 e. The average molecular weight is 785 g/mol. The minimum Gasteiger partial charge on any atom is -0.475 e. The van der Waals surface area contributed by atoms with E-state index in [9.17, 15) is 44.3 Å². The molecule has 0 saturated carbocycles. The van der Waals surface area contributed by atoms with Gasteiger partial charge in [0.25, 0.3) is 0 Å². The largest absolute Gasteiger partial charge is 0.490 e. The summed E-state index contributed by atoms with van der Waals surface area (Å²) in [6.07, 6.45) is -9.67. The molecule has 0 aliphatic carbocycles. The van der Waals surface area contributed by atoms with Gasteiger partial charge in [0, 0.05) is 56.3 Å². The molecule has 3 heterocycles. The molecular weight excluding hydrogens is 747 g/mol. The molecule has 4 N–H and O–H groups in total. The van der Waals surface area contributed by atoms with E-state index >= 15 is 0 Å². The second-order valence-corrected chi connectivity index (χ2v) is 11.8. The molecule has 1 saturated heterocycles. The fourth-order valence-corrected chi connectivity index (χ4v) is 5.15. The molecule has 54 heavy (non-hydrogen) atoms. The maximum Gasteiger partial charge on any atom is 0.490 e. The number of carboxylic acid groups (broad SMARTS) is 3. The van der Waals surface area contributed by atoms with E-state index in [0.29, 0.717) is 6.42 Å². The van der Waals surface area contributed by atoms with Crippen LogP contribution in [0, 0.1) is 0 Å². The van der Waals surface area contributed by atoms with Gasteiger partial charge in [0.05, 0.1) is 5.69 Å². The summed E-state index contributed by atoms with van der Waals surface area (Å²) < 4.78 is 95.2. The predicted molar refractivity (Wildman–Crippen MR) is 175 cm³/mol. The van der Waals surface area contributed by atoms with Gasteiger partial charge in [0.15, 0.2) is 5.78 Å². The van der Waals surface area contributed by atoms with Crippen LogP contribution in [-0.2, 0) is 33.8 Å². The lowest BCUT2D eigenvalue weighted by Crippen LogP contribution is -2.46.